The SMILES string of the molecule is CC(C)c1ccc(OCC(=O)N/N=C/c2ccc(O)cc2)cc1. The van der Waals surface area contributed by atoms with E-state index in [4.69, 9.17) is 9.84 Å². The predicted octanol–water partition coefficient (Wildman–Crippen LogP) is 3.04. The summed E-state index contributed by atoms with van der Waals surface area (Å²) in [6.45, 7) is 4.14. The van der Waals surface area contributed by atoms with E-state index in [-0.39, 0.29) is 18.3 Å². The van der Waals surface area contributed by atoms with Gasteiger partial charge in [0.2, 0.25) is 0 Å². The van der Waals surface area contributed by atoms with Crippen LogP contribution in [0.5, 0.6) is 11.5 Å². The van der Waals surface area contributed by atoms with E-state index in [1.165, 1.54) is 11.8 Å². The molecule has 23 heavy (non-hydrogen) atoms. The number of carbonyl (C=O) groups excluding carboxylic acids is 1. The lowest BCUT2D eigenvalue weighted by Gasteiger charge is -2.08. The van der Waals surface area contributed by atoms with Crippen molar-refractivity contribution in [1.82, 2.24) is 5.43 Å². The van der Waals surface area contributed by atoms with Crippen LogP contribution in [0.25, 0.3) is 0 Å². The van der Waals surface area contributed by atoms with Gasteiger partial charge in [-0.3, -0.25) is 4.79 Å². The summed E-state index contributed by atoms with van der Waals surface area (Å²) in [6, 6.07) is 14.2. The minimum Gasteiger partial charge on any atom is -0.508 e. The monoisotopic (exact) mass is 312 g/mol. The molecule has 5 heteroatoms. The van der Waals surface area contributed by atoms with Crippen LogP contribution in [0.2, 0.25) is 0 Å². The Labute approximate surface area is 135 Å². The van der Waals surface area contributed by atoms with Gasteiger partial charge in [0.05, 0.1) is 6.21 Å². The van der Waals surface area contributed by atoms with Gasteiger partial charge in [0, 0.05) is 0 Å². The first-order valence-corrected chi connectivity index (χ1v) is 7.38. The number of nitrogens with one attached hydrogen (secondary N) is 1. The van der Waals surface area contributed by atoms with Crippen LogP contribution in [-0.2, 0) is 4.79 Å². The zero-order valence-corrected chi connectivity index (χ0v) is 13.2. The molecule has 0 unspecified atom stereocenters. The van der Waals surface area contributed by atoms with Crippen molar-refractivity contribution in [2.45, 2.75) is 19.8 Å². The number of nitrogens with zero attached hydrogens (tertiary/aromatic N) is 1. The zero-order valence-electron chi connectivity index (χ0n) is 13.2. The van der Waals surface area contributed by atoms with Gasteiger partial charge in [-0.25, -0.2) is 5.43 Å². The molecule has 120 valence electrons. The highest BCUT2D eigenvalue weighted by Crippen LogP contribution is 2.18. The highest BCUT2D eigenvalue weighted by atomic mass is 16.5. The summed E-state index contributed by atoms with van der Waals surface area (Å²) in [5, 5.41) is 13.0. The molecule has 0 bridgehead atoms. The fourth-order valence-electron chi connectivity index (χ4n) is 1.87. The molecule has 0 spiro atoms. The summed E-state index contributed by atoms with van der Waals surface area (Å²) in [7, 11) is 0. The third-order valence-corrected chi connectivity index (χ3v) is 3.21. The van der Waals surface area contributed by atoms with Gasteiger partial charge < -0.3 is 9.84 Å². The van der Waals surface area contributed by atoms with E-state index < -0.39 is 0 Å². The first kappa shape index (κ1) is 16.5. The molecule has 2 aromatic carbocycles. The molecule has 0 aliphatic heterocycles. The van der Waals surface area contributed by atoms with Crippen LogP contribution >= 0.6 is 0 Å². The minimum absolute atomic E-state index is 0.103. The molecule has 2 aromatic rings. The van der Waals surface area contributed by atoms with E-state index in [9.17, 15) is 4.79 Å². The molecule has 0 saturated heterocycles. The molecular formula is C18H20N2O3. The van der Waals surface area contributed by atoms with Gasteiger partial charge in [-0.2, -0.15) is 5.10 Å². The van der Waals surface area contributed by atoms with Gasteiger partial charge in [-0.1, -0.05) is 26.0 Å². The number of hydrazone groups is 1. The molecule has 2 N–H and O–H groups in total. The Morgan fingerprint density at radius 2 is 1.83 bits per heavy atom. The van der Waals surface area contributed by atoms with Crippen LogP contribution in [0.3, 0.4) is 0 Å². The summed E-state index contributed by atoms with van der Waals surface area (Å²) in [5.74, 6) is 0.949. The Bertz CT molecular complexity index is 662. The molecule has 0 radical (unpaired) electrons. The molecule has 0 aliphatic carbocycles. The van der Waals surface area contributed by atoms with Crippen LogP contribution in [0.15, 0.2) is 53.6 Å². The number of hydrogen-bond acceptors (Lipinski definition) is 4. The van der Waals surface area contributed by atoms with E-state index in [2.05, 4.69) is 24.4 Å². The van der Waals surface area contributed by atoms with Crippen molar-refractivity contribution in [3.05, 3.63) is 59.7 Å². The molecule has 0 saturated carbocycles. The maximum atomic E-state index is 11.6. The minimum atomic E-state index is -0.340. The average Bonchev–Trinajstić information content (AvgIpc) is 2.55. The van der Waals surface area contributed by atoms with Crippen molar-refractivity contribution in [3.63, 3.8) is 0 Å². The van der Waals surface area contributed by atoms with Gasteiger partial charge >= 0.3 is 0 Å². The number of phenolic OH excluding ortho intramolecular Hbond substituents is 1. The van der Waals surface area contributed by atoms with Gasteiger partial charge in [0.1, 0.15) is 11.5 Å². The smallest absolute Gasteiger partial charge is 0.277 e. The Morgan fingerprint density at radius 3 is 2.43 bits per heavy atom. The maximum Gasteiger partial charge on any atom is 0.277 e. The molecule has 2 rings (SSSR count). The Kier molecular flexibility index (Phi) is 5.74. The number of carbonyl (C=O) groups is 1. The van der Waals surface area contributed by atoms with Crippen molar-refractivity contribution >= 4 is 12.1 Å². The number of benzene rings is 2. The molecule has 0 atom stereocenters. The lowest BCUT2D eigenvalue weighted by atomic mass is 10.0. The van der Waals surface area contributed by atoms with Crippen molar-refractivity contribution < 1.29 is 14.6 Å². The van der Waals surface area contributed by atoms with E-state index in [0.29, 0.717) is 11.7 Å². The van der Waals surface area contributed by atoms with Gasteiger partial charge in [0.25, 0.3) is 5.91 Å². The fourth-order valence-corrected chi connectivity index (χ4v) is 1.87. The first-order chi connectivity index (χ1) is 11.0. The summed E-state index contributed by atoms with van der Waals surface area (Å²) in [6.07, 6.45) is 1.49. The number of phenols is 1. The topological polar surface area (TPSA) is 70.9 Å². The second kappa shape index (κ2) is 7.98. The highest BCUT2D eigenvalue weighted by Gasteiger charge is 2.03. The molecule has 0 aromatic heterocycles. The quantitative estimate of drug-likeness (QED) is 0.636. The van der Waals surface area contributed by atoms with Crippen LogP contribution in [0, 0.1) is 0 Å². The number of hydrogen-bond donors (Lipinski definition) is 2. The molecule has 0 aliphatic rings. The Morgan fingerprint density at radius 1 is 1.17 bits per heavy atom. The van der Waals surface area contributed by atoms with Crippen LogP contribution < -0.4 is 10.2 Å². The Hall–Kier alpha value is -2.82. The fraction of sp³-hybridized carbons (Fsp3) is 0.222. The Balaban J connectivity index is 1.77. The number of aromatic hydroxyl groups is 1. The van der Waals surface area contributed by atoms with Crippen molar-refractivity contribution in [2.24, 2.45) is 5.10 Å². The van der Waals surface area contributed by atoms with E-state index in [0.717, 1.165) is 5.56 Å². The zero-order chi connectivity index (χ0) is 16.7. The maximum absolute atomic E-state index is 11.6. The van der Waals surface area contributed by atoms with Gasteiger partial charge in [-0.05, 0) is 53.4 Å². The van der Waals surface area contributed by atoms with Gasteiger partial charge in [0.15, 0.2) is 6.61 Å². The summed E-state index contributed by atoms with van der Waals surface area (Å²) in [4.78, 5) is 11.6. The number of rotatable bonds is 6. The number of ether oxygens (including phenoxy) is 1. The van der Waals surface area contributed by atoms with Crippen molar-refractivity contribution in [3.8, 4) is 11.5 Å². The first-order valence-electron chi connectivity index (χ1n) is 7.38. The summed E-state index contributed by atoms with van der Waals surface area (Å²) >= 11 is 0. The van der Waals surface area contributed by atoms with Crippen LogP contribution in [0.4, 0.5) is 0 Å². The largest absolute Gasteiger partial charge is 0.508 e. The van der Waals surface area contributed by atoms with E-state index >= 15 is 0 Å². The summed E-state index contributed by atoms with van der Waals surface area (Å²) in [5.41, 5.74) is 4.38. The molecule has 1 amide bonds. The molecule has 0 fully saturated rings. The molecule has 5 nitrogen and oxygen atoms in total. The normalized spacial score (nSPS) is 10.9. The molecular weight excluding hydrogens is 292 g/mol. The predicted molar refractivity (Wildman–Crippen MR) is 89.9 cm³/mol. The van der Waals surface area contributed by atoms with Gasteiger partial charge in [-0.15, -0.1) is 0 Å². The molecule has 0 heterocycles. The van der Waals surface area contributed by atoms with Crippen LogP contribution in [-0.4, -0.2) is 23.8 Å². The highest BCUT2D eigenvalue weighted by molar-refractivity contribution is 5.83. The van der Waals surface area contributed by atoms with E-state index in [1.54, 1.807) is 24.3 Å². The van der Waals surface area contributed by atoms with Crippen molar-refractivity contribution in [1.29, 1.82) is 0 Å². The van der Waals surface area contributed by atoms with Crippen LogP contribution in [0.1, 0.15) is 30.9 Å². The average molecular weight is 312 g/mol. The number of amides is 1. The lowest BCUT2D eigenvalue weighted by Crippen LogP contribution is -2.24. The second-order valence-electron chi connectivity index (χ2n) is 5.40. The van der Waals surface area contributed by atoms with E-state index in [1.807, 2.05) is 24.3 Å². The lowest BCUT2D eigenvalue weighted by molar-refractivity contribution is -0.123. The summed E-state index contributed by atoms with van der Waals surface area (Å²) < 4.78 is 5.40. The third-order valence-electron chi connectivity index (χ3n) is 3.21. The standard InChI is InChI=1S/C18H20N2O3/c1-13(2)15-5-9-17(10-6-15)23-12-18(22)20-19-11-14-3-7-16(21)8-4-14/h3-11,13,21H,12H2,1-2H3,(H,20,22)/b19-11+. The van der Waals surface area contributed by atoms with Crippen molar-refractivity contribution in [2.75, 3.05) is 6.61 Å². The second-order valence-corrected chi connectivity index (χ2v) is 5.40. The third kappa shape index (κ3) is 5.47.